The van der Waals surface area contributed by atoms with Gasteiger partial charge in [0.25, 0.3) is 5.91 Å². The molecule has 0 radical (unpaired) electrons. The lowest BCUT2D eigenvalue weighted by molar-refractivity contribution is -0.137. The van der Waals surface area contributed by atoms with Crippen LogP contribution in [-0.4, -0.2) is 28.5 Å². The van der Waals surface area contributed by atoms with Gasteiger partial charge in [-0.25, -0.2) is 0 Å². The van der Waals surface area contributed by atoms with Gasteiger partial charge in [0.15, 0.2) is 5.78 Å². The summed E-state index contributed by atoms with van der Waals surface area (Å²) < 4.78 is 1.66. The molecule has 6 unspecified atom stereocenters. The Morgan fingerprint density at radius 2 is 1.81 bits per heavy atom. The maximum Gasteiger partial charge on any atom is 0.254 e. The molecule has 0 aromatic carbocycles. The number of carbonyl (C=O) groups excluding carboxylic acids is 2. The van der Waals surface area contributed by atoms with E-state index in [9.17, 15) is 9.59 Å². The Morgan fingerprint density at radius 1 is 1.06 bits per heavy atom. The predicted molar refractivity (Wildman–Crippen MR) is 125 cm³/mol. The van der Waals surface area contributed by atoms with E-state index in [2.05, 4.69) is 31.2 Å². The lowest BCUT2D eigenvalue weighted by atomic mass is 9.44. The van der Waals surface area contributed by atoms with Crippen LogP contribution >= 0.6 is 0 Å². The van der Waals surface area contributed by atoms with Gasteiger partial charge in [-0.15, -0.1) is 0 Å². The highest BCUT2D eigenvalue weighted by atomic mass is 16.1. The third-order valence-electron chi connectivity index (χ3n) is 10.8. The van der Waals surface area contributed by atoms with Crippen molar-refractivity contribution in [3.05, 3.63) is 18.0 Å². The number of ketones is 1. The molecule has 4 aliphatic carbocycles. The van der Waals surface area contributed by atoms with Crippen LogP contribution in [0.4, 0.5) is 0 Å². The molecule has 0 saturated heterocycles. The van der Waals surface area contributed by atoms with Gasteiger partial charge in [-0.05, 0) is 91.8 Å². The van der Waals surface area contributed by atoms with Crippen LogP contribution in [0.3, 0.4) is 0 Å². The van der Waals surface area contributed by atoms with Crippen molar-refractivity contribution in [1.82, 2.24) is 15.1 Å². The Labute approximate surface area is 193 Å². The fourth-order valence-electron chi connectivity index (χ4n) is 8.98. The summed E-state index contributed by atoms with van der Waals surface area (Å²) in [5.74, 6) is 4.49. The van der Waals surface area contributed by atoms with Crippen molar-refractivity contribution in [3.8, 4) is 0 Å². The van der Waals surface area contributed by atoms with Crippen molar-refractivity contribution in [3.63, 3.8) is 0 Å². The molecule has 1 amide bonds. The molecule has 1 aromatic heterocycles. The molecule has 5 heteroatoms. The largest absolute Gasteiger partial charge is 0.355 e. The molecular formula is C27H41N3O2. The molecule has 0 aliphatic heterocycles. The summed E-state index contributed by atoms with van der Waals surface area (Å²) in [6, 6.07) is 0. The zero-order chi connectivity index (χ0) is 22.7. The van der Waals surface area contributed by atoms with Gasteiger partial charge in [-0.2, -0.15) is 5.10 Å². The molecule has 1 heterocycles. The fourth-order valence-corrected chi connectivity index (χ4v) is 8.98. The van der Waals surface area contributed by atoms with Crippen molar-refractivity contribution in [2.24, 2.45) is 46.3 Å². The number of nitrogens with zero attached hydrogens (tertiary/aromatic N) is 2. The number of rotatable bonds is 4. The monoisotopic (exact) mass is 439 g/mol. The lowest BCUT2D eigenvalue weighted by Gasteiger charge is -2.61. The average molecular weight is 440 g/mol. The van der Waals surface area contributed by atoms with Crippen LogP contribution in [0.1, 0.15) is 88.9 Å². The summed E-state index contributed by atoms with van der Waals surface area (Å²) in [5, 5.41) is 6.90. The smallest absolute Gasteiger partial charge is 0.254 e. The van der Waals surface area contributed by atoms with Crippen molar-refractivity contribution in [2.45, 2.75) is 85.1 Å². The van der Waals surface area contributed by atoms with Crippen LogP contribution in [0.5, 0.6) is 0 Å². The first-order valence-electron chi connectivity index (χ1n) is 13.0. The second-order valence-electron chi connectivity index (χ2n) is 12.2. The highest BCUT2D eigenvalue weighted by Gasteiger charge is 2.60. The van der Waals surface area contributed by atoms with Gasteiger partial charge >= 0.3 is 0 Å². The normalized spacial score (nSPS) is 43.1. The SMILES string of the molecule is CNC(=O)c1cnn(CC(=O)C2CCC3C4CC[C@@H]5CC(C)CC[C@]5(C)C4CCC23C)c1. The van der Waals surface area contributed by atoms with E-state index < -0.39 is 0 Å². The quantitative estimate of drug-likeness (QED) is 0.709. The molecule has 32 heavy (non-hydrogen) atoms. The Balaban J connectivity index is 1.31. The van der Waals surface area contributed by atoms with Crippen molar-refractivity contribution in [2.75, 3.05) is 7.05 Å². The summed E-state index contributed by atoms with van der Waals surface area (Å²) in [4.78, 5) is 25.3. The average Bonchev–Trinajstić information content (AvgIpc) is 3.37. The number of amides is 1. The molecule has 4 saturated carbocycles. The molecule has 4 fully saturated rings. The molecule has 5 rings (SSSR count). The molecule has 0 spiro atoms. The minimum atomic E-state index is -0.156. The molecule has 0 bridgehead atoms. The first kappa shape index (κ1) is 22.2. The third kappa shape index (κ3) is 3.37. The van der Waals surface area contributed by atoms with Gasteiger partial charge in [0.2, 0.25) is 0 Å². The Bertz CT molecular complexity index is 893. The predicted octanol–water partition coefficient (Wildman–Crippen LogP) is 5.11. The van der Waals surface area contributed by atoms with Crippen LogP contribution in [0.2, 0.25) is 0 Å². The Hall–Kier alpha value is -1.65. The van der Waals surface area contributed by atoms with E-state index in [4.69, 9.17) is 0 Å². The van der Waals surface area contributed by atoms with Crippen LogP contribution < -0.4 is 5.32 Å². The topological polar surface area (TPSA) is 64.0 Å². The summed E-state index contributed by atoms with van der Waals surface area (Å²) in [7, 11) is 1.61. The number of aromatic nitrogens is 2. The summed E-state index contributed by atoms with van der Waals surface area (Å²) in [6.07, 6.45) is 15.1. The summed E-state index contributed by atoms with van der Waals surface area (Å²) >= 11 is 0. The number of fused-ring (bicyclic) bond motifs is 5. The van der Waals surface area contributed by atoms with E-state index in [0.717, 1.165) is 30.1 Å². The van der Waals surface area contributed by atoms with E-state index in [1.54, 1.807) is 24.1 Å². The van der Waals surface area contributed by atoms with Gasteiger partial charge in [-0.1, -0.05) is 27.2 Å². The molecule has 8 atom stereocenters. The van der Waals surface area contributed by atoms with Crippen LogP contribution in [0.15, 0.2) is 12.4 Å². The van der Waals surface area contributed by atoms with Crippen molar-refractivity contribution < 1.29 is 9.59 Å². The van der Waals surface area contributed by atoms with Gasteiger partial charge in [0.1, 0.15) is 0 Å². The van der Waals surface area contributed by atoms with Crippen molar-refractivity contribution in [1.29, 1.82) is 0 Å². The van der Waals surface area contributed by atoms with E-state index in [-0.39, 0.29) is 23.8 Å². The van der Waals surface area contributed by atoms with E-state index in [0.29, 0.717) is 22.7 Å². The highest BCUT2D eigenvalue weighted by Crippen LogP contribution is 2.67. The zero-order valence-corrected chi connectivity index (χ0v) is 20.4. The van der Waals surface area contributed by atoms with Gasteiger partial charge < -0.3 is 5.32 Å². The molecule has 5 nitrogen and oxygen atoms in total. The second kappa shape index (κ2) is 7.99. The maximum absolute atomic E-state index is 13.4. The number of hydrogen-bond acceptors (Lipinski definition) is 3. The lowest BCUT2D eigenvalue weighted by Crippen LogP contribution is -2.53. The highest BCUT2D eigenvalue weighted by molar-refractivity contribution is 5.93. The summed E-state index contributed by atoms with van der Waals surface area (Å²) in [5.41, 5.74) is 1.19. The molecule has 1 aromatic rings. The van der Waals surface area contributed by atoms with Crippen LogP contribution in [0.25, 0.3) is 0 Å². The van der Waals surface area contributed by atoms with Crippen LogP contribution in [0, 0.1) is 46.3 Å². The van der Waals surface area contributed by atoms with Gasteiger partial charge in [0, 0.05) is 19.2 Å². The summed E-state index contributed by atoms with van der Waals surface area (Å²) in [6.45, 7) is 7.80. The Morgan fingerprint density at radius 3 is 2.59 bits per heavy atom. The van der Waals surface area contributed by atoms with Gasteiger partial charge in [0.05, 0.1) is 18.3 Å². The minimum Gasteiger partial charge on any atom is -0.355 e. The standard InChI is InChI=1S/C27H41N3O2/c1-17-9-11-26(2)19(13-17)5-6-20-21-7-8-23(27(21,3)12-10-22(20)26)24(31)16-30-15-18(14-29-30)25(32)28-4/h14-15,17,19-23H,5-13,16H2,1-4H3,(H,28,32)/t17?,19-,20?,21?,22?,23?,26+,27?/m1/s1. The third-order valence-corrected chi connectivity index (χ3v) is 10.8. The van der Waals surface area contributed by atoms with Crippen molar-refractivity contribution >= 4 is 11.7 Å². The first-order valence-corrected chi connectivity index (χ1v) is 13.0. The first-order chi connectivity index (χ1) is 15.3. The molecule has 176 valence electrons. The van der Waals surface area contributed by atoms with E-state index in [1.807, 2.05) is 0 Å². The van der Waals surface area contributed by atoms with Gasteiger partial charge in [-0.3, -0.25) is 14.3 Å². The molecular weight excluding hydrogens is 398 g/mol. The minimum absolute atomic E-state index is 0.137. The number of carbonyl (C=O) groups is 2. The van der Waals surface area contributed by atoms with E-state index in [1.165, 1.54) is 51.4 Å². The maximum atomic E-state index is 13.4. The van der Waals surface area contributed by atoms with Crippen LogP contribution in [-0.2, 0) is 11.3 Å². The number of hydrogen-bond donors (Lipinski definition) is 1. The Kier molecular flexibility index (Phi) is 5.53. The fraction of sp³-hybridized carbons (Fsp3) is 0.815. The zero-order valence-electron chi connectivity index (χ0n) is 20.4. The number of nitrogens with one attached hydrogen (secondary N) is 1. The number of Topliss-reactive ketones (excluding diaryl/α,β-unsaturated/α-hetero) is 1. The second-order valence-corrected chi connectivity index (χ2v) is 12.2. The molecule has 1 N–H and O–H groups in total. The van der Waals surface area contributed by atoms with E-state index >= 15 is 0 Å². The molecule has 4 aliphatic rings.